The minimum atomic E-state index is -0.265. The Kier molecular flexibility index (Phi) is 7.75. The molecule has 0 saturated heterocycles. The number of nitrogens with one attached hydrogen (secondary N) is 1. The van der Waals surface area contributed by atoms with Crippen LogP contribution in [0.3, 0.4) is 0 Å². The smallest absolute Gasteiger partial charge is 0.272 e. The molecule has 4 nitrogen and oxygen atoms in total. The quantitative estimate of drug-likeness (QED) is 0.285. The standard InChI is InChI=1S/C32H31ClFN3O/c1-21-19-26(33)15-18-29(21)37-31-25(20-23-13-16-27(34)17-14-23)11-7-4-8-12-28(31)30(36-37)32(38)35-22(2)24-9-5-3-6-10-24/h3,5-6,9-10,13-20,22H,4,7-8,11-12H2,1-2H3,(H,35,38)/b25-20+/t22-/m0/s1. The van der Waals surface area contributed by atoms with E-state index in [9.17, 15) is 9.18 Å². The van der Waals surface area contributed by atoms with Gasteiger partial charge in [-0.25, -0.2) is 9.07 Å². The van der Waals surface area contributed by atoms with E-state index in [0.717, 1.165) is 71.3 Å². The van der Waals surface area contributed by atoms with Gasteiger partial charge in [0.2, 0.25) is 0 Å². The third-order valence-electron chi connectivity index (χ3n) is 7.12. The lowest BCUT2D eigenvalue weighted by atomic mass is 9.91. The van der Waals surface area contributed by atoms with Gasteiger partial charge >= 0.3 is 0 Å². The summed E-state index contributed by atoms with van der Waals surface area (Å²) in [5.41, 5.74) is 7.22. The summed E-state index contributed by atoms with van der Waals surface area (Å²) < 4.78 is 15.5. The van der Waals surface area contributed by atoms with Crippen molar-refractivity contribution in [2.45, 2.75) is 52.0 Å². The molecule has 0 saturated carbocycles. The third kappa shape index (κ3) is 5.58. The van der Waals surface area contributed by atoms with Crippen molar-refractivity contribution in [1.82, 2.24) is 15.1 Å². The molecule has 0 unspecified atom stereocenters. The highest BCUT2D eigenvalue weighted by Gasteiger charge is 2.28. The number of aryl methyl sites for hydroxylation is 1. The largest absolute Gasteiger partial charge is 0.344 e. The normalized spacial score (nSPS) is 15.4. The van der Waals surface area contributed by atoms with E-state index in [4.69, 9.17) is 16.7 Å². The summed E-state index contributed by atoms with van der Waals surface area (Å²) in [4.78, 5) is 13.7. The lowest BCUT2D eigenvalue weighted by Gasteiger charge is -2.18. The number of carbonyl (C=O) groups is 1. The molecule has 1 atom stereocenters. The maximum atomic E-state index is 13.7. The second-order valence-electron chi connectivity index (χ2n) is 9.91. The van der Waals surface area contributed by atoms with Crippen molar-refractivity contribution in [2.75, 3.05) is 0 Å². The van der Waals surface area contributed by atoms with Crippen LogP contribution in [0.5, 0.6) is 0 Å². The maximum absolute atomic E-state index is 13.7. The van der Waals surface area contributed by atoms with Crippen LogP contribution in [0.2, 0.25) is 5.02 Å². The highest BCUT2D eigenvalue weighted by atomic mass is 35.5. The second kappa shape index (κ2) is 11.4. The second-order valence-corrected chi connectivity index (χ2v) is 10.3. The fourth-order valence-corrected chi connectivity index (χ4v) is 5.36. The van der Waals surface area contributed by atoms with Gasteiger partial charge in [0.05, 0.1) is 17.4 Å². The van der Waals surface area contributed by atoms with Gasteiger partial charge in [-0.2, -0.15) is 5.10 Å². The molecule has 1 heterocycles. The first-order valence-electron chi connectivity index (χ1n) is 13.1. The van der Waals surface area contributed by atoms with E-state index >= 15 is 0 Å². The van der Waals surface area contributed by atoms with Crippen molar-refractivity contribution in [3.8, 4) is 5.69 Å². The minimum absolute atomic E-state index is 0.162. The average Bonchev–Trinajstić information content (AvgIpc) is 3.26. The number of hydrogen-bond donors (Lipinski definition) is 1. The van der Waals surface area contributed by atoms with Crippen molar-refractivity contribution in [2.24, 2.45) is 0 Å². The number of benzene rings is 3. The van der Waals surface area contributed by atoms with Crippen LogP contribution in [0.15, 0.2) is 72.8 Å². The summed E-state index contributed by atoms with van der Waals surface area (Å²) in [6.45, 7) is 3.98. The van der Waals surface area contributed by atoms with Crippen LogP contribution in [0.1, 0.15) is 77.1 Å². The molecule has 1 amide bonds. The molecule has 0 bridgehead atoms. The van der Waals surface area contributed by atoms with Crippen molar-refractivity contribution in [3.63, 3.8) is 0 Å². The Labute approximate surface area is 228 Å². The Morgan fingerprint density at radius 2 is 1.76 bits per heavy atom. The van der Waals surface area contributed by atoms with Gasteiger partial charge in [0.25, 0.3) is 5.91 Å². The van der Waals surface area contributed by atoms with Crippen molar-refractivity contribution >= 4 is 29.2 Å². The van der Waals surface area contributed by atoms with Crippen LogP contribution in [0, 0.1) is 12.7 Å². The van der Waals surface area contributed by atoms with E-state index in [1.807, 2.05) is 67.1 Å². The maximum Gasteiger partial charge on any atom is 0.272 e. The number of fused-ring (bicyclic) bond motifs is 1. The molecule has 5 rings (SSSR count). The lowest BCUT2D eigenvalue weighted by molar-refractivity contribution is 0.0933. The molecule has 0 fully saturated rings. The summed E-state index contributed by atoms with van der Waals surface area (Å²) in [5, 5.41) is 8.76. The van der Waals surface area contributed by atoms with Crippen LogP contribution in [-0.4, -0.2) is 15.7 Å². The first kappa shape index (κ1) is 25.9. The predicted octanol–water partition coefficient (Wildman–Crippen LogP) is 8.12. The van der Waals surface area contributed by atoms with Gasteiger partial charge < -0.3 is 5.32 Å². The molecule has 1 N–H and O–H groups in total. The number of halogens is 2. The minimum Gasteiger partial charge on any atom is -0.344 e. The third-order valence-corrected chi connectivity index (χ3v) is 7.36. The van der Waals surface area contributed by atoms with E-state index in [2.05, 4.69) is 11.4 Å². The highest BCUT2D eigenvalue weighted by Crippen LogP contribution is 2.35. The lowest BCUT2D eigenvalue weighted by Crippen LogP contribution is -2.28. The summed E-state index contributed by atoms with van der Waals surface area (Å²) in [6, 6.07) is 22.0. The summed E-state index contributed by atoms with van der Waals surface area (Å²) >= 11 is 6.28. The molecule has 1 aromatic heterocycles. The number of rotatable bonds is 5. The van der Waals surface area contributed by atoms with Crippen LogP contribution in [-0.2, 0) is 6.42 Å². The molecular weight excluding hydrogens is 497 g/mol. The molecule has 1 aliphatic rings. The molecule has 1 aliphatic carbocycles. The molecule has 0 aliphatic heterocycles. The van der Waals surface area contributed by atoms with Crippen molar-refractivity contribution in [3.05, 3.63) is 117 Å². The van der Waals surface area contributed by atoms with Crippen LogP contribution < -0.4 is 5.32 Å². The number of allylic oxidation sites excluding steroid dienone is 1. The zero-order valence-electron chi connectivity index (χ0n) is 21.7. The molecule has 4 aromatic rings. The zero-order valence-corrected chi connectivity index (χ0v) is 22.4. The van der Waals surface area contributed by atoms with E-state index in [1.54, 1.807) is 12.1 Å². The van der Waals surface area contributed by atoms with E-state index < -0.39 is 0 Å². The predicted molar refractivity (Wildman–Crippen MR) is 152 cm³/mol. The number of hydrogen-bond acceptors (Lipinski definition) is 2. The van der Waals surface area contributed by atoms with Crippen molar-refractivity contribution < 1.29 is 9.18 Å². The Morgan fingerprint density at radius 1 is 1.03 bits per heavy atom. The van der Waals surface area contributed by atoms with Gasteiger partial charge in [-0.15, -0.1) is 0 Å². The van der Waals surface area contributed by atoms with E-state index in [-0.39, 0.29) is 17.8 Å². The topological polar surface area (TPSA) is 46.9 Å². The Morgan fingerprint density at radius 3 is 2.50 bits per heavy atom. The molecular formula is C32H31ClFN3O. The molecule has 3 aromatic carbocycles. The van der Waals surface area contributed by atoms with Crippen LogP contribution in [0.4, 0.5) is 4.39 Å². The van der Waals surface area contributed by atoms with Gasteiger partial charge in [-0.05, 0) is 98.2 Å². The molecule has 0 spiro atoms. The monoisotopic (exact) mass is 527 g/mol. The first-order valence-corrected chi connectivity index (χ1v) is 13.5. The highest BCUT2D eigenvalue weighted by molar-refractivity contribution is 6.30. The Balaban J connectivity index is 1.66. The summed E-state index contributed by atoms with van der Waals surface area (Å²) in [5.74, 6) is -0.455. The average molecular weight is 528 g/mol. The fourth-order valence-electron chi connectivity index (χ4n) is 5.13. The van der Waals surface area contributed by atoms with Crippen LogP contribution >= 0.6 is 11.6 Å². The zero-order chi connectivity index (χ0) is 26.6. The fraction of sp³-hybridized carbons (Fsp3) is 0.250. The first-order chi connectivity index (χ1) is 18.4. The number of carbonyl (C=O) groups excluding carboxylic acids is 1. The van der Waals surface area contributed by atoms with Gasteiger partial charge in [-0.1, -0.05) is 60.5 Å². The van der Waals surface area contributed by atoms with Crippen molar-refractivity contribution in [1.29, 1.82) is 0 Å². The number of aromatic nitrogens is 2. The number of nitrogens with zero attached hydrogens (tertiary/aromatic N) is 2. The molecule has 38 heavy (non-hydrogen) atoms. The Bertz CT molecular complexity index is 1470. The van der Waals surface area contributed by atoms with Gasteiger partial charge in [0.1, 0.15) is 5.82 Å². The van der Waals surface area contributed by atoms with Gasteiger partial charge in [0.15, 0.2) is 5.69 Å². The molecule has 194 valence electrons. The van der Waals surface area contributed by atoms with Gasteiger partial charge in [-0.3, -0.25) is 4.79 Å². The van der Waals surface area contributed by atoms with E-state index in [1.165, 1.54) is 12.1 Å². The van der Waals surface area contributed by atoms with E-state index in [0.29, 0.717) is 10.7 Å². The van der Waals surface area contributed by atoms with Crippen LogP contribution in [0.25, 0.3) is 17.3 Å². The molecule has 6 heteroatoms. The summed E-state index contributed by atoms with van der Waals surface area (Å²) in [6.07, 6.45) is 6.77. The SMILES string of the molecule is Cc1cc(Cl)ccc1-n1nc(C(=O)N[C@@H](C)c2ccccc2)c2c1/C(=C/c1ccc(F)cc1)CCCCC2. The molecule has 0 radical (unpaired) electrons. The Hall–Kier alpha value is -3.70. The van der Waals surface area contributed by atoms with Gasteiger partial charge in [0, 0.05) is 10.6 Å². The number of amides is 1. The summed E-state index contributed by atoms with van der Waals surface area (Å²) in [7, 11) is 0.